The van der Waals surface area contributed by atoms with Crippen LogP contribution in [-0.4, -0.2) is 28.3 Å². The highest BCUT2D eigenvalue weighted by Crippen LogP contribution is 2.37. The zero-order valence-electron chi connectivity index (χ0n) is 18.8. The molecule has 0 aliphatic carbocycles. The number of nitrogens with zero attached hydrogens (tertiary/aromatic N) is 1. The first-order valence-electron chi connectivity index (χ1n) is 11.0. The van der Waals surface area contributed by atoms with Crippen LogP contribution >= 0.6 is 23.4 Å². The molecule has 0 bridgehead atoms. The first-order valence-corrected chi connectivity index (χ1v) is 12.4. The van der Waals surface area contributed by atoms with E-state index in [2.05, 4.69) is 21.5 Å². The molecule has 0 aliphatic rings. The monoisotopic (exact) mass is 505 g/mol. The number of aromatic amines is 1. The summed E-state index contributed by atoms with van der Waals surface area (Å²) in [5.41, 5.74) is 4.28. The predicted octanol–water partition coefficient (Wildman–Crippen LogP) is 7.11. The molecule has 3 aromatic carbocycles. The van der Waals surface area contributed by atoms with Crippen LogP contribution in [0.4, 0.5) is 4.39 Å². The van der Waals surface area contributed by atoms with E-state index in [4.69, 9.17) is 16.1 Å². The van der Waals surface area contributed by atoms with Gasteiger partial charge in [-0.1, -0.05) is 53.2 Å². The SMILES string of the molecule is Cc1onc(-c2ccccc2Cl)c1C(=O)NCCSc1c(-c2ccc(F)cc2)[nH]c2ccccc12. The number of aryl methyl sites for hydroxylation is 1. The maximum Gasteiger partial charge on any atom is 0.257 e. The number of hydrogen-bond acceptors (Lipinski definition) is 4. The zero-order valence-corrected chi connectivity index (χ0v) is 20.3. The molecule has 176 valence electrons. The van der Waals surface area contributed by atoms with Crippen LogP contribution in [0, 0.1) is 12.7 Å². The number of benzene rings is 3. The molecule has 5 nitrogen and oxygen atoms in total. The number of aromatic nitrogens is 2. The van der Waals surface area contributed by atoms with Gasteiger partial charge in [-0.2, -0.15) is 0 Å². The van der Waals surface area contributed by atoms with Crippen molar-refractivity contribution in [3.8, 4) is 22.5 Å². The number of carbonyl (C=O) groups is 1. The molecule has 0 atom stereocenters. The largest absolute Gasteiger partial charge is 0.360 e. The molecule has 0 fully saturated rings. The van der Waals surface area contributed by atoms with E-state index >= 15 is 0 Å². The number of para-hydroxylation sites is 1. The summed E-state index contributed by atoms with van der Waals surface area (Å²) in [7, 11) is 0. The number of amides is 1. The van der Waals surface area contributed by atoms with Crippen LogP contribution in [0.5, 0.6) is 0 Å². The highest BCUT2D eigenvalue weighted by atomic mass is 35.5. The zero-order chi connectivity index (χ0) is 24.4. The molecular weight excluding hydrogens is 485 g/mol. The van der Waals surface area contributed by atoms with Gasteiger partial charge in [-0.15, -0.1) is 11.8 Å². The second-order valence-corrected chi connectivity index (χ2v) is 9.44. The summed E-state index contributed by atoms with van der Waals surface area (Å²) in [5.74, 6) is 0.521. The van der Waals surface area contributed by atoms with Crippen molar-refractivity contribution >= 4 is 40.2 Å². The van der Waals surface area contributed by atoms with Crippen molar-refractivity contribution in [2.24, 2.45) is 0 Å². The molecule has 2 N–H and O–H groups in total. The molecule has 0 aliphatic heterocycles. The van der Waals surface area contributed by atoms with Gasteiger partial charge in [0, 0.05) is 33.7 Å². The van der Waals surface area contributed by atoms with E-state index in [-0.39, 0.29) is 11.7 Å². The summed E-state index contributed by atoms with van der Waals surface area (Å²) in [5, 5.41) is 8.62. The Hall–Kier alpha value is -3.55. The predicted molar refractivity (Wildman–Crippen MR) is 138 cm³/mol. The molecule has 8 heteroatoms. The molecule has 2 aromatic heterocycles. The summed E-state index contributed by atoms with van der Waals surface area (Å²) in [4.78, 5) is 17.5. The number of carbonyl (C=O) groups excluding carboxylic acids is 1. The molecule has 5 rings (SSSR count). The van der Waals surface area contributed by atoms with Gasteiger partial charge in [-0.3, -0.25) is 4.79 Å². The summed E-state index contributed by atoms with van der Waals surface area (Å²) in [6, 6.07) is 21.7. The molecular formula is C27H21ClFN3O2S. The lowest BCUT2D eigenvalue weighted by atomic mass is 10.1. The standard InChI is InChI=1S/C27H21ClFN3O2S/c1-16-23(25(32-34-16)19-6-2-4-8-21(19)28)27(33)30-14-15-35-26-20-7-3-5-9-22(20)31-24(26)17-10-12-18(29)13-11-17/h2-13,31H,14-15H2,1H3,(H,30,33). The van der Waals surface area contributed by atoms with Crippen molar-refractivity contribution in [3.05, 3.63) is 95.0 Å². The normalized spacial score (nSPS) is 11.2. The number of halogens is 2. The Labute approximate surface area is 210 Å². The molecule has 0 unspecified atom stereocenters. The minimum absolute atomic E-state index is 0.267. The average molecular weight is 506 g/mol. The van der Waals surface area contributed by atoms with E-state index in [1.165, 1.54) is 12.1 Å². The van der Waals surface area contributed by atoms with Gasteiger partial charge in [0.1, 0.15) is 22.8 Å². The van der Waals surface area contributed by atoms with Crippen molar-refractivity contribution in [3.63, 3.8) is 0 Å². The van der Waals surface area contributed by atoms with Crippen molar-refractivity contribution in [1.29, 1.82) is 0 Å². The maximum absolute atomic E-state index is 13.5. The van der Waals surface area contributed by atoms with Crippen LogP contribution in [0.3, 0.4) is 0 Å². The van der Waals surface area contributed by atoms with Crippen LogP contribution < -0.4 is 5.32 Å². The van der Waals surface area contributed by atoms with Gasteiger partial charge in [-0.05, 0) is 48.9 Å². The van der Waals surface area contributed by atoms with Crippen molar-refractivity contribution in [1.82, 2.24) is 15.5 Å². The van der Waals surface area contributed by atoms with E-state index < -0.39 is 0 Å². The Morgan fingerprint density at radius 1 is 1.09 bits per heavy atom. The Morgan fingerprint density at radius 2 is 1.83 bits per heavy atom. The van der Waals surface area contributed by atoms with Crippen LogP contribution in [0.25, 0.3) is 33.4 Å². The number of nitrogens with one attached hydrogen (secondary N) is 2. The van der Waals surface area contributed by atoms with Crippen LogP contribution in [0.15, 0.2) is 82.2 Å². The number of thioether (sulfide) groups is 1. The van der Waals surface area contributed by atoms with Crippen LogP contribution in [0.2, 0.25) is 5.02 Å². The van der Waals surface area contributed by atoms with E-state index in [1.54, 1.807) is 43.0 Å². The third kappa shape index (κ3) is 4.70. The maximum atomic E-state index is 13.5. The summed E-state index contributed by atoms with van der Waals surface area (Å²) < 4.78 is 18.8. The van der Waals surface area contributed by atoms with Crippen molar-refractivity contribution < 1.29 is 13.7 Å². The van der Waals surface area contributed by atoms with E-state index in [0.717, 1.165) is 27.1 Å². The van der Waals surface area contributed by atoms with Gasteiger partial charge >= 0.3 is 0 Å². The van der Waals surface area contributed by atoms with Gasteiger partial charge in [0.25, 0.3) is 5.91 Å². The summed E-state index contributed by atoms with van der Waals surface area (Å²) in [6.45, 7) is 2.14. The highest BCUT2D eigenvalue weighted by Gasteiger charge is 2.23. The molecule has 0 spiro atoms. The first kappa shape index (κ1) is 23.2. The Morgan fingerprint density at radius 3 is 2.63 bits per heavy atom. The number of hydrogen-bond donors (Lipinski definition) is 2. The Balaban J connectivity index is 1.32. The number of rotatable bonds is 7. The fraction of sp³-hybridized carbons (Fsp3) is 0.111. The van der Waals surface area contributed by atoms with Crippen LogP contribution in [0.1, 0.15) is 16.1 Å². The second kappa shape index (κ2) is 9.98. The number of H-pyrrole nitrogens is 1. The van der Waals surface area contributed by atoms with E-state index in [1.807, 2.05) is 30.3 Å². The van der Waals surface area contributed by atoms with Gasteiger partial charge < -0.3 is 14.8 Å². The minimum atomic E-state index is -0.276. The summed E-state index contributed by atoms with van der Waals surface area (Å²) in [6.07, 6.45) is 0. The third-order valence-electron chi connectivity index (χ3n) is 5.64. The fourth-order valence-corrected chi connectivity index (χ4v) is 5.25. The minimum Gasteiger partial charge on any atom is -0.360 e. The quantitative estimate of drug-likeness (QED) is 0.182. The van der Waals surface area contributed by atoms with Gasteiger partial charge in [0.2, 0.25) is 0 Å². The smallest absolute Gasteiger partial charge is 0.257 e. The van der Waals surface area contributed by atoms with Gasteiger partial charge in [0.05, 0.1) is 10.7 Å². The van der Waals surface area contributed by atoms with Crippen LogP contribution in [-0.2, 0) is 0 Å². The lowest BCUT2D eigenvalue weighted by Gasteiger charge is -2.08. The molecule has 1 amide bonds. The molecule has 5 aromatic rings. The van der Waals surface area contributed by atoms with Gasteiger partial charge in [0.15, 0.2) is 0 Å². The molecule has 35 heavy (non-hydrogen) atoms. The second-order valence-electron chi connectivity index (χ2n) is 7.93. The lowest BCUT2D eigenvalue weighted by molar-refractivity contribution is 0.0955. The molecule has 0 radical (unpaired) electrons. The molecule has 2 heterocycles. The summed E-state index contributed by atoms with van der Waals surface area (Å²) >= 11 is 7.94. The number of fused-ring (bicyclic) bond motifs is 1. The van der Waals surface area contributed by atoms with Gasteiger partial charge in [-0.25, -0.2) is 4.39 Å². The Kier molecular flexibility index (Phi) is 6.61. The third-order valence-corrected chi connectivity index (χ3v) is 7.09. The molecule has 0 saturated heterocycles. The average Bonchev–Trinajstić information content (AvgIpc) is 3.43. The first-order chi connectivity index (χ1) is 17.0. The highest BCUT2D eigenvalue weighted by molar-refractivity contribution is 7.99. The topological polar surface area (TPSA) is 70.9 Å². The molecule has 0 saturated carbocycles. The van der Waals surface area contributed by atoms with Crippen molar-refractivity contribution in [2.45, 2.75) is 11.8 Å². The van der Waals surface area contributed by atoms with E-state index in [9.17, 15) is 9.18 Å². The van der Waals surface area contributed by atoms with E-state index in [0.29, 0.717) is 39.9 Å². The van der Waals surface area contributed by atoms with Crippen molar-refractivity contribution in [2.75, 3.05) is 12.3 Å². The lowest BCUT2D eigenvalue weighted by Crippen LogP contribution is -2.26. The Bertz CT molecular complexity index is 1510. The fourth-order valence-electron chi connectivity index (χ4n) is 3.97.